The molecule has 1 aromatic rings. The minimum atomic E-state index is 0.00858. The van der Waals surface area contributed by atoms with Gasteiger partial charge in [0.2, 0.25) is 0 Å². The standard InChI is InChI=1S/C18H30N2O/c1-14(2)17(12-21-5)20-13-18(4,19-11-15(20)3)16-9-7-6-8-10-16/h6-10,14-15,17,19H,11-13H2,1-5H3. The first-order valence-electron chi connectivity index (χ1n) is 8.03. The van der Waals surface area contributed by atoms with Gasteiger partial charge in [-0.3, -0.25) is 4.90 Å². The summed E-state index contributed by atoms with van der Waals surface area (Å²) in [5.74, 6) is 0.588. The molecule has 0 saturated carbocycles. The molecule has 3 heteroatoms. The Morgan fingerprint density at radius 3 is 2.57 bits per heavy atom. The number of hydrogen-bond donors (Lipinski definition) is 1. The summed E-state index contributed by atoms with van der Waals surface area (Å²) in [6.07, 6.45) is 0. The van der Waals surface area contributed by atoms with Crippen LogP contribution in [-0.2, 0) is 10.3 Å². The van der Waals surface area contributed by atoms with Gasteiger partial charge in [-0.2, -0.15) is 0 Å². The van der Waals surface area contributed by atoms with E-state index < -0.39 is 0 Å². The molecule has 1 fully saturated rings. The lowest BCUT2D eigenvalue weighted by molar-refractivity contribution is -0.00203. The summed E-state index contributed by atoms with van der Waals surface area (Å²) >= 11 is 0. The second kappa shape index (κ2) is 6.91. The third kappa shape index (κ3) is 3.65. The van der Waals surface area contributed by atoms with Crippen molar-refractivity contribution in [3.8, 4) is 0 Å². The number of piperazine rings is 1. The Hall–Kier alpha value is -0.900. The van der Waals surface area contributed by atoms with Crippen molar-refractivity contribution in [1.82, 2.24) is 10.2 Å². The molecule has 0 bridgehead atoms. The van der Waals surface area contributed by atoms with Crippen molar-refractivity contribution in [2.45, 2.75) is 45.3 Å². The lowest BCUT2D eigenvalue weighted by Gasteiger charge is -2.49. The van der Waals surface area contributed by atoms with Crippen molar-refractivity contribution in [1.29, 1.82) is 0 Å². The molecule has 21 heavy (non-hydrogen) atoms. The fraction of sp³-hybridized carbons (Fsp3) is 0.667. The normalized spacial score (nSPS) is 28.8. The average molecular weight is 290 g/mol. The number of rotatable bonds is 5. The Morgan fingerprint density at radius 2 is 2.00 bits per heavy atom. The molecule has 0 spiro atoms. The SMILES string of the molecule is COCC(C(C)C)N1CC(C)(c2ccccc2)NCC1C. The molecule has 0 aromatic heterocycles. The van der Waals surface area contributed by atoms with E-state index >= 15 is 0 Å². The van der Waals surface area contributed by atoms with Crippen LogP contribution in [-0.4, -0.2) is 43.8 Å². The van der Waals surface area contributed by atoms with Crippen molar-refractivity contribution in [2.24, 2.45) is 5.92 Å². The van der Waals surface area contributed by atoms with Crippen LogP contribution in [0.4, 0.5) is 0 Å². The van der Waals surface area contributed by atoms with Crippen LogP contribution in [0.5, 0.6) is 0 Å². The number of hydrogen-bond acceptors (Lipinski definition) is 3. The first-order valence-corrected chi connectivity index (χ1v) is 8.03. The highest BCUT2D eigenvalue weighted by Crippen LogP contribution is 2.29. The molecular formula is C18H30N2O. The third-order valence-corrected chi connectivity index (χ3v) is 4.80. The summed E-state index contributed by atoms with van der Waals surface area (Å²) in [5.41, 5.74) is 1.37. The Labute approximate surface area is 129 Å². The fourth-order valence-corrected chi connectivity index (χ4v) is 3.35. The van der Waals surface area contributed by atoms with Crippen LogP contribution in [0, 0.1) is 5.92 Å². The van der Waals surface area contributed by atoms with Gasteiger partial charge in [-0.1, -0.05) is 44.2 Å². The molecule has 0 amide bonds. The number of methoxy groups -OCH3 is 1. The molecule has 3 unspecified atom stereocenters. The van der Waals surface area contributed by atoms with E-state index in [9.17, 15) is 0 Å². The largest absolute Gasteiger partial charge is 0.383 e. The van der Waals surface area contributed by atoms with Gasteiger partial charge in [-0.25, -0.2) is 0 Å². The van der Waals surface area contributed by atoms with Gasteiger partial charge in [0.25, 0.3) is 0 Å². The number of benzene rings is 1. The zero-order valence-electron chi connectivity index (χ0n) is 14.1. The monoisotopic (exact) mass is 290 g/mol. The van der Waals surface area contributed by atoms with Gasteiger partial charge in [-0.15, -0.1) is 0 Å². The Balaban J connectivity index is 2.22. The molecule has 3 atom stereocenters. The maximum Gasteiger partial charge on any atom is 0.0620 e. The second-order valence-corrected chi connectivity index (χ2v) is 6.87. The highest BCUT2D eigenvalue weighted by atomic mass is 16.5. The minimum absolute atomic E-state index is 0.00858. The number of nitrogens with one attached hydrogen (secondary N) is 1. The maximum absolute atomic E-state index is 5.48. The van der Waals surface area contributed by atoms with Crippen LogP contribution in [0.2, 0.25) is 0 Å². The fourth-order valence-electron chi connectivity index (χ4n) is 3.35. The Morgan fingerprint density at radius 1 is 1.33 bits per heavy atom. The molecule has 2 rings (SSSR count). The van der Waals surface area contributed by atoms with Crippen LogP contribution in [0.15, 0.2) is 30.3 Å². The molecule has 0 aliphatic carbocycles. The van der Waals surface area contributed by atoms with Gasteiger partial charge in [0, 0.05) is 32.3 Å². The molecule has 118 valence electrons. The Bertz CT molecular complexity index is 434. The highest BCUT2D eigenvalue weighted by molar-refractivity contribution is 5.25. The molecule has 1 aliphatic rings. The van der Waals surface area contributed by atoms with E-state index in [1.165, 1.54) is 5.56 Å². The van der Waals surface area contributed by atoms with E-state index in [2.05, 4.69) is 68.2 Å². The van der Waals surface area contributed by atoms with Gasteiger partial charge in [-0.05, 0) is 25.3 Å². The maximum atomic E-state index is 5.48. The van der Waals surface area contributed by atoms with Crippen molar-refractivity contribution < 1.29 is 4.74 Å². The molecule has 1 heterocycles. The van der Waals surface area contributed by atoms with E-state index in [1.54, 1.807) is 7.11 Å². The van der Waals surface area contributed by atoms with E-state index in [0.29, 0.717) is 18.0 Å². The summed E-state index contributed by atoms with van der Waals surface area (Å²) < 4.78 is 5.48. The van der Waals surface area contributed by atoms with Crippen LogP contribution >= 0.6 is 0 Å². The van der Waals surface area contributed by atoms with Crippen molar-refractivity contribution in [3.05, 3.63) is 35.9 Å². The van der Waals surface area contributed by atoms with Crippen LogP contribution in [0.1, 0.15) is 33.3 Å². The van der Waals surface area contributed by atoms with Gasteiger partial charge < -0.3 is 10.1 Å². The van der Waals surface area contributed by atoms with Gasteiger partial charge in [0.05, 0.1) is 12.1 Å². The lowest BCUT2D eigenvalue weighted by atomic mass is 9.86. The topological polar surface area (TPSA) is 24.5 Å². The zero-order valence-corrected chi connectivity index (χ0v) is 14.1. The summed E-state index contributed by atoms with van der Waals surface area (Å²) in [6.45, 7) is 12.0. The summed E-state index contributed by atoms with van der Waals surface area (Å²) in [4.78, 5) is 2.62. The summed E-state index contributed by atoms with van der Waals surface area (Å²) in [6, 6.07) is 11.8. The smallest absolute Gasteiger partial charge is 0.0620 e. The second-order valence-electron chi connectivity index (χ2n) is 6.87. The summed E-state index contributed by atoms with van der Waals surface area (Å²) in [7, 11) is 1.80. The zero-order chi connectivity index (χ0) is 15.5. The molecule has 1 aliphatic heterocycles. The summed E-state index contributed by atoms with van der Waals surface area (Å²) in [5, 5.41) is 3.74. The molecular weight excluding hydrogens is 260 g/mol. The van der Waals surface area contributed by atoms with E-state index in [1.807, 2.05) is 0 Å². The van der Waals surface area contributed by atoms with E-state index in [-0.39, 0.29) is 5.54 Å². The highest BCUT2D eigenvalue weighted by Gasteiger charge is 2.38. The van der Waals surface area contributed by atoms with E-state index in [0.717, 1.165) is 19.7 Å². The average Bonchev–Trinajstić information content (AvgIpc) is 2.48. The van der Waals surface area contributed by atoms with Crippen molar-refractivity contribution in [3.63, 3.8) is 0 Å². The molecule has 1 aromatic carbocycles. The number of ether oxygens (including phenoxy) is 1. The predicted molar refractivity (Wildman–Crippen MR) is 88.5 cm³/mol. The van der Waals surface area contributed by atoms with Crippen molar-refractivity contribution >= 4 is 0 Å². The van der Waals surface area contributed by atoms with Crippen LogP contribution in [0.25, 0.3) is 0 Å². The van der Waals surface area contributed by atoms with Crippen molar-refractivity contribution in [2.75, 3.05) is 26.8 Å². The third-order valence-electron chi connectivity index (χ3n) is 4.80. The lowest BCUT2D eigenvalue weighted by Crippen LogP contribution is -2.64. The molecule has 0 radical (unpaired) electrons. The van der Waals surface area contributed by atoms with Gasteiger partial charge in [0.1, 0.15) is 0 Å². The first kappa shape index (κ1) is 16.5. The first-order chi connectivity index (χ1) is 9.98. The molecule has 1 saturated heterocycles. The van der Waals surface area contributed by atoms with Crippen LogP contribution < -0.4 is 5.32 Å². The van der Waals surface area contributed by atoms with Gasteiger partial charge in [0.15, 0.2) is 0 Å². The number of nitrogens with zero attached hydrogens (tertiary/aromatic N) is 1. The molecule has 3 nitrogen and oxygen atoms in total. The quantitative estimate of drug-likeness (QED) is 0.902. The minimum Gasteiger partial charge on any atom is -0.383 e. The van der Waals surface area contributed by atoms with Crippen LogP contribution in [0.3, 0.4) is 0 Å². The Kier molecular flexibility index (Phi) is 5.42. The predicted octanol–water partition coefficient (Wildman–Crippen LogP) is 2.87. The molecule has 1 N–H and O–H groups in total. The van der Waals surface area contributed by atoms with E-state index in [4.69, 9.17) is 4.74 Å². The van der Waals surface area contributed by atoms with Gasteiger partial charge >= 0.3 is 0 Å².